The van der Waals surface area contributed by atoms with Gasteiger partial charge in [0.2, 0.25) is 0 Å². The van der Waals surface area contributed by atoms with Gasteiger partial charge in [0.1, 0.15) is 0 Å². The Morgan fingerprint density at radius 3 is 2.67 bits per heavy atom. The summed E-state index contributed by atoms with van der Waals surface area (Å²) in [5.74, 6) is 0. The Balaban J connectivity index is 2.29. The van der Waals surface area contributed by atoms with Gasteiger partial charge in [-0.1, -0.05) is 0 Å². The van der Waals surface area contributed by atoms with E-state index < -0.39 is 0 Å². The molecule has 0 aromatic heterocycles. The molecule has 0 bridgehead atoms. The molecular formula is C8H18N2O2. The summed E-state index contributed by atoms with van der Waals surface area (Å²) >= 11 is 0. The van der Waals surface area contributed by atoms with E-state index in [4.69, 9.17) is 15.2 Å². The summed E-state index contributed by atoms with van der Waals surface area (Å²) in [7, 11) is 1.71. The van der Waals surface area contributed by atoms with Gasteiger partial charge in [-0.3, -0.25) is 4.90 Å². The lowest BCUT2D eigenvalue weighted by molar-refractivity contribution is -0.000592. The fraction of sp³-hybridized carbons (Fsp3) is 1.00. The zero-order valence-electron chi connectivity index (χ0n) is 7.66. The number of morpholine rings is 1. The Labute approximate surface area is 73.6 Å². The fourth-order valence-corrected chi connectivity index (χ4v) is 1.46. The lowest BCUT2D eigenvalue weighted by atomic mass is 10.2. The lowest BCUT2D eigenvalue weighted by Crippen LogP contribution is -2.48. The molecule has 0 saturated carbocycles. The van der Waals surface area contributed by atoms with Gasteiger partial charge in [-0.15, -0.1) is 0 Å². The first kappa shape index (κ1) is 9.92. The van der Waals surface area contributed by atoms with E-state index in [1.807, 2.05) is 0 Å². The van der Waals surface area contributed by atoms with Crippen molar-refractivity contribution in [2.45, 2.75) is 6.04 Å². The van der Waals surface area contributed by atoms with Crippen LogP contribution in [0, 0.1) is 0 Å². The van der Waals surface area contributed by atoms with Crippen molar-refractivity contribution in [2.75, 3.05) is 46.6 Å². The molecule has 1 saturated heterocycles. The first-order valence-electron chi connectivity index (χ1n) is 4.39. The molecule has 0 radical (unpaired) electrons. The van der Waals surface area contributed by atoms with Crippen LogP contribution in [0.4, 0.5) is 0 Å². The maximum Gasteiger partial charge on any atom is 0.0630 e. The molecule has 0 spiro atoms. The van der Waals surface area contributed by atoms with Crippen LogP contribution >= 0.6 is 0 Å². The molecule has 12 heavy (non-hydrogen) atoms. The molecule has 1 aliphatic heterocycles. The van der Waals surface area contributed by atoms with Gasteiger partial charge in [0.25, 0.3) is 0 Å². The molecular weight excluding hydrogens is 156 g/mol. The van der Waals surface area contributed by atoms with Crippen LogP contribution in [0.2, 0.25) is 0 Å². The molecule has 1 unspecified atom stereocenters. The smallest absolute Gasteiger partial charge is 0.0630 e. The van der Waals surface area contributed by atoms with Gasteiger partial charge in [-0.25, -0.2) is 0 Å². The summed E-state index contributed by atoms with van der Waals surface area (Å²) < 4.78 is 10.3. The van der Waals surface area contributed by atoms with Crippen molar-refractivity contribution in [3.63, 3.8) is 0 Å². The number of rotatable bonds is 4. The molecule has 4 heteroatoms. The molecule has 2 N–H and O–H groups in total. The van der Waals surface area contributed by atoms with E-state index in [0.717, 1.165) is 32.9 Å². The van der Waals surface area contributed by atoms with Crippen molar-refractivity contribution in [1.29, 1.82) is 0 Å². The van der Waals surface area contributed by atoms with Crippen LogP contribution in [0.5, 0.6) is 0 Å². The monoisotopic (exact) mass is 174 g/mol. The highest BCUT2D eigenvalue weighted by atomic mass is 16.5. The summed E-state index contributed by atoms with van der Waals surface area (Å²) in [4.78, 5) is 2.33. The molecule has 72 valence electrons. The van der Waals surface area contributed by atoms with Crippen LogP contribution in [0.25, 0.3) is 0 Å². The van der Waals surface area contributed by atoms with Gasteiger partial charge in [0.15, 0.2) is 0 Å². The third-order valence-electron chi connectivity index (χ3n) is 2.19. The van der Waals surface area contributed by atoms with E-state index in [1.165, 1.54) is 0 Å². The van der Waals surface area contributed by atoms with Gasteiger partial charge in [-0.2, -0.15) is 0 Å². The Morgan fingerprint density at radius 1 is 1.50 bits per heavy atom. The Hall–Kier alpha value is -0.160. The summed E-state index contributed by atoms with van der Waals surface area (Å²) in [5, 5.41) is 0. The predicted octanol–water partition coefficient (Wildman–Crippen LogP) is -0.708. The second-order valence-electron chi connectivity index (χ2n) is 2.99. The Morgan fingerprint density at radius 2 is 2.17 bits per heavy atom. The highest BCUT2D eigenvalue weighted by molar-refractivity contribution is 4.73. The van der Waals surface area contributed by atoms with E-state index in [-0.39, 0.29) is 0 Å². The molecule has 1 atom stereocenters. The molecule has 0 aromatic rings. The fourth-order valence-electron chi connectivity index (χ4n) is 1.46. The summed E-state index contributed by atoms with van der Waals surface area (Å²) in [6.45, 7) is 4.97. The maximum absolute atomic E-state index is 5.63. The number of nitrogens with two attached hydrogens (primary N) is 1. The lowest BCUT2D eigenvalue weighted by Gasteiger charge is -2.33. The van der Waals surface area contributed by atoms with Crippen LogP contribution in [0.1, 0.15) is 0 Å². The molecule has 0 aromatic carbocycles. The second-order valence-corrected chi connectivity index (χ2v) is 2.99. The quantitative estimate of drug-likeness (QED) is 0.612. The van der Waals surface area contributed by atoms with Crippen molar-refractivity contribution in [3.05, 3.63) is 0 Å². The van der Waals surface area contributed by atoms with Crippen molar-refractivity contribution < 1.29 is 9.47 Å². The van der Waals surface area contributed by atoms with Crippen molar-refractivity contribution in [3.8, 4) is 0 Å². The van der Waals surface area contributed by atoms with Crippen molar-refractivity contribution >= 4 is 0 Å². The average Bonchev–Trinajstić information content (AvgIpc) is 2.15. The topological polar surface area (TPSA) is 47.7 Å². The summed E-state index contributed by atoms with van der Waals surface area (Å²) in [6.07, 6.45) is 0. The van der Waals surface area contributed by atoms with Gasteiger partial charge in [-0.05, 0) is 0 Å². The van der Waals surface area contributed by atoms with Crippen LogP contribution < -0.4 is 5.73 Å². The number of ether oxygens (including phenoxy) is 2. The van der Waals surface area contributed by atoms with Crippen LogP contribution in [-0.2, 0) is 9.47 Å². The minimum Gasteiger partial charge on any atom is -0.383 e. The van der Waals surface area contributed by atoms with E-state index in [2.05, 4.69) is 4.90 Å². The largest absolute Gasteiger partial charge is 0.383 e. The standard InChI is InChI=1S/C8H18N2O2/c1-11-7-8(6-9)10-2-4-12-5-3-10/h8H,2-7,9H2,1H3. The first-order chi connectivity index (χ1) is 5.88. The summed E-state index contributed by atoms with van der Waals surface area (Å²) in [6, 6.07) is 0.360. The Kier molecular flexibility index (Phi) is 4.53. The van der Waals surface area contributed by atoms with Crippen molar-refractivity contribution in [1.82, 2.24) is 4.90 Å². The van der Waals surface area contributed by atoms with Gasteiger partial charge in [0.05, 0.1) is 19.8 Å². The number of nitrogens with zero attached hydrogens (tertiary/aromatic N) is 1. The molecule has 0 aliphatic carbocycles. The molecule has 1 rings (SSSR count). The SMILES string of the molecule is COCC(CN)N1CCOCC1. The summed E-state index contributed by atoms with van der Waals surface area (Å²) in [5.41, 5.74) is 5.63. The average molecular weight is 174 g/mol. The molecule has 1 aliphatic rings. The molecule has 1 fully saturated rings. The van der Waals surface area contributed by atoms with Gasteiger partial charge >= 0.3 is 0 Å². The number of methoxy groups -OCH3 is 1. The van der Waals surface area contributed by atoms with Crippen molar-refractivity contribution in [2.24, 2.45) is 5.73 Å². The molecule has 4 nitrogen and oxygen atoms in total. The van der Waals surface area contributed by atoms with Gasteiger partial charge in [0, 0.05) is 32.8 Å². The predicted molar refractivity (Wildman–Crippen MR) is 47.1 cm³/mol. The van der Waals surface area contributed by atoms with Crippen LogP contribution in [0.3, 0.4) is 0 Å². The third-order valence-corrected chi connectivity index (χ3v) is 2.19. The number of hydrogen-bond donors (Lipinski definition) is 1. The highest BCUT2D eigenvalue weighted by Gasteiger charge is 2.18. The third kappa shape index (κ3) is 2.71. The van der Waals surface area contributed by atoms with E-state index >= 15 is 0 Å². The van der Waals surface area contributed by atoms with E-state index in [1.54, 1.807) is 7.11 Å². The minimum absolute atomic E-state index is 0.360. The number of hydrogen-bond acceptors (Lipinski definition) is 4. The zero-order valence-corrected chi connectivity index (χ0v) is 7.66. The molecule has 1 heterocycles. The van der Waals surface area contributed by atoms with E-state index in [0.29, 0.717) is 12.6 Å². The minimum atomic E-state index is 0.360. The van der Waals surface area contributed by atoms with Crippen LogP contribution in [0.15, 0.2) is 0 Å². The molecule has 0 amide bonds. The Bertz CT molecular complexity index is 113. The maximum atomic E-state index is 5.63. The first-order valence-corrected chi connectivity index (χ1v) is 4.39. The van der Waals surface area contributed by atoms with Crippen LogP contribution in [-0.4, -0.2) is 57.5 Å². The van der Waals surface area contributed by atoms with Gasteiger partial charge < -0.3 is 15.2 Å². The normalized spacial score (nSPS) is 22.5. The van der Waals surface area contributed by atoms with E-state index in [9.17, 15) is 0 Å². The highest BCUT2D eigenvalue weighted by Crippen LogP contribution is 2.02. The second kappa shape index (κ2) is 5.48. The zero-order chi connectivity index (χ0) is 8.81.